The van der Waals surface area contributed by atoms with Gasteiger partial charge in [0.05, 0.1) is 0 Å². The Kier molecular flexibility index (Phi) is 2.86. The molecule has 0 aliphatic carbocycles. The highest BCUT2D eigenvalue weighted by Crippen LogP contribution is 1.98. The Bertz CT molecular complexity index is 196. The molecule has 5 nitrogen and oxygen atoms in total. The first-order valence-corrected chi connectivity index (χ1v) is 4.23. The highest BCUT2D eigenvalue weighted by atomic mass is 35.7. The summed E-state index contributed by atoms with van der Waals surface area (Å²) in [5.41, 5.74) is 0. The monoisotopic (exact) mass is 171 g/mol. The van der Waals surface area contributed by atoms with E-state index in [0.29, 0.717) is 0 Å². The molecule has 0 aromatic rings. The van der Waals surface area contributed by atoms with Crippen molar-refractivity contribution >= 4 is 19.9 Å². The van der Waals surface area contributed by atoms with Gasteiger partial charge in [0, 0.05) is 24.8 Å². The van der Waals surface area contributed by atoms with E-state index in [0.717, 1.165) is 0 Å². The molecule has 0 unspecified atom stereocenters. The van der Waals surface area contributed by atoms with Crippen molar-refractivity contribution in [2.75, 3.05) is 14.1 Å². The van der Waals surface area contributed by atoms with Crippen LogP contribution < -0.4 is 0 Å². The lowest BCUT2D eigenvalue weighted by Crippen LogP contribution is -2.00. The first kappa shape index (κ1) is 8.64. The van der Waals surface area contributed by atoms with Crippen LogP contribution in [0.2, 0.25) is 0 Å². The minimum absolute atomic E-state index is 1.22. The van der Waals surface area contributed by atoms with Crippen molar-refractivity contribution < 1.29 is 8.42 Å². The smallest absolute Gasteiger partial charge is 0.284 e. The van der Waals surface area contributed by atoms with Crippen LogP contribution in [0, 0.1) is 0 Å². The van der Waals surface area contributed by atoms with Gasteiger partial charge in [-0.1, -0.05) is 5.22 Å². The van der Waals surface area contributed by atoms with Gasteiger partial charge in [-0.3, -0.25) is 5.01 Å². The number of halogens is 1. The molecule has 0 radical (unpaired) electrons. The Balaban J connectivity index is 4.03. The van der Waals surface area contributed by atoms with E-state index >= 15 is 0 Å². The number of hydrogen-bond donors (Lipinski definition) is 0. The first-order chi connectivity index (χ1) is 3.92. The minimum atomic E-state index is -3.83. The maximum absolute atomic E-state index is 10.0. The van der Waals surface area contributed by atoms with Gasteiger partial charge in [0.2, 0.25) is 0 Å². The summed E-state index contributed by atoms with van der Waals surface area (Å²) in [4.78, 5) is 0. The van der Waals surface area contributed by atoms with Gasteiger partial charge in [-0.25, -0.2) is 0 Å². The second-order valence-corrected chi connectivity index (χ2v) is 3.59. The molecule has 0 saturated heterocycles. The third-order valence-electron chi connectivity index (χ3n) is 0.313. The van der Waals surface area contributed by atoms with E-state index in [9.17, 15) is 8.42 Å². The highest BCUT2D eigenvalue weighted by Gasteiger charge is 1.97. The zero-order valence-corrected chi connectivity index (χ0v) is 6.52. The van der Waals surface area contributed by atoms with Crippen LogP contribution >= 0.6 is 10.7 Å². The molecule has 54 valence electrons. The van der Waals surface area contributed by atoms with Crippen molar-refractivity contribution in [3.8, 4) is 0 Å². The molecule has 9 heavy (non-hydrogen) atoms. The lowest BCUT2D eigenvalue weighted by atomic mass is 11.2. The van der Waals surface area contributed by atoms with Crippen molar-refractivity contribution in [2.45, 2.75) is 0 Å². The number of rotatable bonds is 2. The van der Waals surface area contributed by atoms with Gasteiger partial charge in [-0.05, 0) is 4.52 Å². The van der Waals surface area contributed by atoms with Gasteiger partial charge < -0.3 is 0 Å². The summed E-state index contributed by atoms with van der Waals surface area (Å²) >= 11 is 0. The highest BCUT2D eigenvalue weighted by molar-refractivity contribution is 8.12. The van der Waals surface area contributed by atoms with Crippen molar-refractivity contribution in [1.29, 1.82) is 0 Å². The average Bonchev–Trinajstić information content (AvgIpc) is 1.59. The molecule has 0 fully saturated rings. The van der Waals surface area contributed by atoms with Gasteiger partial charge in [-0.2, -0.15) is 8.42 Å². The van der Waals surface area contributed by atoms with E-state index in [4.69, 9.17) is 0 Å². The molecule has 0 aromatic heterocycles. The average molecular weight is 172 g/mol. The third kappa shape index (κ3) is 7.64. The van der Waals surface area contributed by atoms with Gasteiger partial charge in [0.25, 0.3) is 0 Å². The molecular weight excluding hydrogens is 166 g/mol. The van der Waals surface area contributed by atoms with E-state index in [-0.39, 0.29) is 0 Å². The standard InChI is InChI=1S/C2H6ClN3O2S/c1-6(2)4-5-9(3,7)8/h1-2H3/b5-4+. The molecule has 0 amide bonds. The van der Waals surface area contributed by atoms with E-state index < -0.39 is 9.24 Å². The van der Waals surface area contributed by atoms with Crippen LogP contribution in [0.25, 0.3) is 0 Å². The summed E-state index contributed by atoms with van der Waals surface area (Å²) in [6.45, 7) is 0. The second kappa shape index (κ2) is 2.98. The van der Waals surface area contributed by atoms with Crippen LogP contribution in [0.5, 0.6) is 0 Å². The maximum atomic E-state index is 10.0. The lowest BCUT2D eigenvalue weighted by Gasteiger charge is -1.97. The van der Waals surface area contributed by atoms with E-state index in [1.165, 1.54) is 19.1 Å². The van der Waals surface area contributed by atoms with Crippen LogP contribution in [0.1, 0.15) is 0 Å². The Morgan fingerprint density at radius 2 is 1.89 bits per heavy atom. The topological polar surface area (TPSA) is 62.1 Å². The Morgan fingerprint density at radius 3 is 2.00 bits per heavy atom. The summed E-state index contributed by atoms with van der Waals surface area (Å²) in [5, 5.41) is 4.36. The number of hydrogen-bond acceptors (Lipinski definition) is 3. The molecule has 0 atom stereocenters. The molecule has 0 saturated carbocycles. The molecule has 0 aliphatic rings. The molecule has 0 heterocycles. The molecule has 0 spiro atoms. The predicted molar refractivity (Wildman–Crippen MR) is 33.3 cm³/mol. The quantitative estimate of drug-likeness (QED) is 0.343. The van der Waals surface area contributed by atoms with E-state index in [1.54, 1.807) is 0 Å². The Hall–Kier alpha value is -0.360. The van der Waals surface area contributed by atoms with Gasteiger partial charge in [0.1, 0.15) is 0 Å². The summed E-state index contributed by atoms with van der Waals surface area (Å²) in [6, 6.07) is 0. The SMILES string of the molecule is CN(C)/N=N/S(=O)(=O)Cl. The fourth-order valence-corrected chi connectivity index (χ4v) is 0.433. The summed E-state index contributed by atoms with van der Waals surface area (Å²) in [7, 11) is 3.90. The molecular formula is C2H6ClN3O2S. The fraction of sp³-hybridized carbons (Fsp3) is 1.00. The van der Waals surface area contributed by atoms with Gasteiger partial charge in [-0.15, -0.1) is 0 Å². The van der Waals surface area contributed by atoms with Gasteiger partial charge in [0.15, 0.2) is 0 Å². The molecule has 0 aliphatic heterocycles. The largest absolute Gasteiger partial charge is 0.358 e. The number of nitrogens with zero attached hydrogens (tertiary/aromatic N) is 3. The third-order valence-corrected chi connectivity index (χ3v) is 0.766. The summed E-state index contributed by atoms with van der Waals surface area (Å²) in [5.74, 6) is 0. The molecule has 0 rings (SSSR count). The van der Waals surface area contributed by atoms with Crippen molar-refractivity contribution in [3.05, 3.63) is 0 Å². The van der Waals surface area contributed by atoms with Crippen LogP contribution in [0.4, 0.5) is 0 Å². The second-order valence-electron chi connectivity index (χ2n) is 1.43. The molecule has 0 aromatic carbocycles. The minimum Gasteiger partial charge on any atom is -0.284 e. The zero-order valence-electron chi connectivity index (χ0n) is 4.94. The molecule has 7 heteroatoms. The van der Waals surface area contributed by atoms with Crippen LogP contribution in [-0.2, 0) is 9.24 Å². The Labute approximate surface area is 57.8 Å². The predicted octanol–water partition coefficient (Wildman–Crippen LogP) is 0.399. The van der Waals surface area contributed by atoms with Crippen molar-refractivity contribution in [1.82, 2.24) is 5.01 Å². The lowest BCUT2D eigenvalue weighted by molar-refractivity contribution is 0.410. The normalized spacial score (nSPS) is 12.3. The van der Waals surface area contributed by atoms with Crippen molar-refractivity contribution in [3.63, 3.8) is 0 Å². The first-order valence-electron chi connectivity index (χ1n) is 1.96. The van der Waals surface area contributed by atoms with Gasteiger partial charge >= 0.3 is 9.24 Å². The van der Waals surface area contributed by atoms with Crippen LogP contribution in [0.3, 0.4) is 0 Å². The summed E-state index contributed by atoms with van der Waals surface area (Å²) in [6.07, 6.45) is 0. The fourth-order valence-electron chi connectivity index (χ4n) is 0.117. The van der Waals surface area contributed by atoms with E-state index in [1.807, 2.05) is 0 Å². The van der Waals surface area contributed by atoms with Crippen LogP contribution in [0.15, 0.2) is 9.74 Å². The summed E-state index contributed by atoms with van der Waals surface area (Å²) < 4.78 is 22.8. The molecule has 0 bridgehead atoms. The van der Waals surface area contributed by atoms with E-state index in [2.05, 4.69) is 20.4 Å². The van der Waals surface area contributed by atoms with Crippen molar-refractivity contribution in [2.24, 2.45) is 9.74 Å². The maximum Gasteiger partial charge on any atom is 0.358 e. The molecule has 0 N–H and O–H groups in total. The Morgan fingerprint density at radius 1 is 1.44 bits per heavy atom. The van der Waals surface area contributed by atoms with Crippen LogP contribution in [-0.4, -0.2) is 27.5 Å². The zero-order chi connectivity index (χ0) is 7.49.